The summed E-state index contributed by atoms with van der Waals surface area (Å²) in [4.78, 5) is 19.9. The van der Waals surface area contributed by atoms with Crippen LogP contribution < -0.4 is 10.6 Å². The molecular weight excluding hydrogens is 268 g/mol. The van der Waals surface area contributed by atoms with Crippen molar-refractivity contribution in [3.05, 3.63) is 17.7 Å². The van der Waals surface area contributed by atoms with Crippen LogP contribution in [0.25, 0.3) is 0 Å². The summed E-state index contributed by atoms with van der Waals surface area (Å²) < 4.78 is 0. The Morgan fingerprint density at radius 1 is 1.43 bits per heavy atom. The Hall–Kier alpha value is -1.40. The summed E-state index contributed by atoms with van der Waals surface area (Å²) in [5, 5.41) is 17.2. The number of hydrogen-bond acceptors (Lipinski definition) is 4. The van der Waals surface area contributed by atoms with E-state index >= 15 is 0 Å². The first-order chi connectivity index (χ1) is 10.1. The molecule has 6 heteroatoms. The van der Waals surface area contributed by atoms with Crippen molar-refractivity contribution in [2.24, 2.45) is 5.41 Å². The Kier molecular flexibility index (Phi) is 3.75. The van der Waals surface area contributed by atoms with Gasteiger partial charge in [-0.25, -0.2) is 4.98 Å². The molecule has 21 heavy (non-hydrogen) atoms. The van der Waals surface area contributed by atoms with Crippen molar-refractivity contribution in [1.82, 2.24) is 20.6 Å². The SMILES string of the molecule is Cc1[nH]cnc1CNC(=O)C1(C2(O)CCCNC2)CCC1. The molecule has 1 saturated heterocycles. The second-order valence-electron chi connectivity index (χ2n) is 6.40. The number of nitrogens with one attached hydrogen (secondary N) is 3. The molecule has 0 spiro atoms. The lowest BCUT2D eigenvalue weighted by Gasteiger charge is -2.53. The average Bonchev–Trinajstić information content (AvgIpc) is 2.81. The van der Waals surface area contributed by atoms with Gasteiger partial charge in [0.05, 0.1) is 29.6 Å². The van der Waals surface area contributed by atoms with E-state index in [4.69, 9.17) is 0 Å². The van der Waals surface area contributed by atoms with Gasteiger partial charge in [0.1, 0.15) is 0 Å². The lowest BCUT2D eigenvalue weighted by Crippen LogP contribution is -2.65. The number of aromatic amines is 1. The van der Waals surface area contributed by atoms with E-state index in [1.54, 1.807) is 6.33 Å². The summed E-state index contributed by atoms with van der Waals surface area (Å²) in [7, 11) is 0. The molecule has 1 saturated carbocycles. The number of aliphatic hydroxyl groups is 1. The molecule has 1 aliphatic carbocycles. The summed E-state index contributed by atoms with van der Waals surface area (Å²) in [6.07, 6.45) is 5.82. The van der Waals surface area contributed by atoms with Crippen LogP contribution in [-0.4, -0.2) is 39.7 Å². The standard InChI is InChI=1S/C15H24N4O2/c1-11-12(19-10-18-11)8-17-13(20)14(4-2-5-14)15(21)6-3-7-16-9-15/h10,16,21H,2-9H2,1H3,(H,17,20)(H,18,19). The van der Waals surface area contributed by atoms with E-state index in [1.165, 1.54) is 0 Å². The molecule has 2 heterocycles. The van der Waals surface area contributed by atoms with Crippen molar-refractivity contribution in [3.8, 4) is 0 Å². The minimum atomic E-state index is -0.909. The molecule has 0 radical (unpaired) electrons. The first-order valence-corrected chi connectivity index (χ1v) is 7.78. The van der Waals surface area contributed by atoms with Crippen LogP contribution in [0.5, 0.6) is 0 Å². The van der Waals surface area contributed by atoms with Gasteiger partial charge in [0.15, 0.2) is 0 Å². The minimum absolute atomic E-state index is 0.0256. The van der Waals surface area contributed by atoms with Gasteiger partial charge < -0.3 is 20.7 Å². The zero-order chi connectivity index (χ0) is 14.9. The van der Waals surface area contributed by atoms with Gasteiger partial charge in [0.2, 0.25) is 5.91 Å². The van der Waals surface area contributed by atoms with Gasteiger partial charge in [0, 0.05) is 12.2 Å². The highest BCUT2D eigenvalue weighted by Crippen LogP contribution is 2.51. The van der Waals surface area contributed by atoms with Gasteiger partial charge in [-0.15, -0.1) is 0 Å². The van der Waals surface area contributed by atoms with E-state index in [0.29, 0.717) is 19.5 Å². The largest absolute Gasteiger partial charge is 0.387 e. The van der Waals surface area contributed by atoms with Gasteiger partial charge >= 0.3 is 0 Å². The van der Waals surface area contributed by atoms with Crippen LogP contribution in [0.3, 0.4) is 0 Å². The molecule has 1 atom stereocenters. The highest BCUT2D eigenvalue weighted by atomic mass is 16.3. The summed E-state index contributed by atoms with van der Waals surface area (Å²) in [5.41, 5.74) is 0.293. The number of aromatic nitrogens is 2. The maximum Gasteiger partial charge on any atom is 0.229 e. The van der Waals surface area contributed by atoms with Gasteiger partial charge in [-0.3, -0.25) is 4.79 Å². The Morgan fingerprint density at radius 3 is 2.76 bits per heavy atom. The van der Waals surface area contributed by atoms with Crippen molar-refractivity contribution < 1.29 is 9.90 Å². The number of carbonyl (C=O) groups is 1. The van der Waals surface area contributed by atoms with Gasteiger partial charge in [-0.1, -0.05) is 6.42 Å². The number of piperidine rings is 1. The van der Waals surface area contributed by atoms with Gasteiger partial charge in [-0.05, 0) is 39.2 Å². The topological polar surface area (TPSA) is 90.0 Å². The third-order valence-corrected chi connectivity index (χ3v) is 5.24. The molecule has 0 bridgehead atoms. The quantitative estimate of drug-likeness (QED) is 0.655. The number of imidazole rings is 1. The van der Waals surface area contributed by atoms with Crippen molar-refractivity contribution in [2.45, 2.75) is 51.2 Å². The Balaban J connectivity index is 1.70. The number of carbonyl (C=O) groups excluding carboxylic acids is 1. The zero-order valence-electron chi connectivity index (χ0n) is 12.5. The van der Waals surface area contributed by atoms with Crippen LogP contribution >= 0.6 is 0 Å². The molecule has 0 aromatic carbocycles. The molecule has 1 amide bonds. The fourth-order valence-electron chi connectivity index (χ4n) is 3.63. The highest BCUT2D eigenvalue weighted by Gasteiger charge is 2.58. The third-order valence-electron chi connectivity index (χ3n) is 5.24. The van der Waals surface area contributed by atoms with E-state index in [-0.39, 0.29) is 5.91 Å². The van der Waals surface area contributed by atoms with Crippen LogP contribution in [0.4, 0.5) is 0 Å². The molecule has 2 aliphatic rings. The number of hydrogen-bond donors (Lipinski definition) is 4. The molecule has 1 aliphatic heterocycles. The summed E-state index contributed by atoms with van der Waals surface area (Å²) in [6, 6.07) is 0. The van der Waals surface area contributed by atoms with Gasteiger partial charge in [-0.2, -0.15) is 0 Å². The van der Waals surface area contributed by atoms with Crippen molar-refractivity contribution in [1.29, 1.82) is 0 Å². The molecule has 1 aromatic rings. The number of H-pyrrole nitrogens is 1. The third kappa shape index (κ3) is 2.36. The second-order valence-corrected chi connectivity index (χ2v) is 6.40. The maximum absolute atomic E-state index is 12.7. The molecule has 4 N–H and O–H groups in total. The number of rotatable bonds is 4. The van der Waals surface area contributed by atoms with Crippen LogP contribution in [0, 0.1) is 12.3 Å². The van der Waals surface area contributed by atoms with Crippen LogP contribution in [0.15, 0.2) is 6.33 Å². The average molecular weight is 292 g/mol. The van der Waals surface area contributed by atoms with Crippen molar-refractivity contribution in [3.63, 3.8) is 0 Å². The molecule has 1 aromatic heterocycles. The van der Waals surface area contributed by atoms with E-state index < -0.39 is 11.0 Å². The summed E-state index contributed by atoms with van der Waals surface area (Å²) in [5.74, 6) is -0.0256. The molecule has 116 valence electrons. The fourth-order valence-corrected chi connectivity index (χ4v) is 3.63. The molecule has 2 fully saturated rings. The smallest absolute Gasteiger partial charge is 0.229 e. The molecule has 3 rings (SSSR count). The number of amides is 1. The van der Waals surface area contributed by atoms with E-state index in [9.17, 15) is 9.90 Å². The van der Waals surface area contributed by atoms with Gasteiger partial charge in [0.25, 0.3) is 0 Å². The molecular formula is C15H24N4O2. The minimum Gasteiger partial charge on any atom is -0.387 e. The monoisotopic (exact) mass is 292 g/mol. The van der Waals surface area contributed by atoms with E-state index in [0.717, 1.165) is 43.6 Å². The highest BCUT2D eigenvalue weighted by molar-refractivity contribution is 5.85. The van der Waals surface area contributed by atoms with Crippen LogP contribution in [0.2, 0.25) is 0 Å². The van der Waals surface area contributed by atoms with Crippen LogP contribution in [-0.2, 0) is 11.3 Å². The lowest BCUT2D eigenvalue weighted by molar-refractivity contribution is -0.170. The normalized spacial score (nSPS) is 27.9. The second kappa shape index (κ2) is 5.42. The van der Waals surface area contributed by atoms with Crippen molar-refractivity contribution >= 4 is 5.91 Å². The molecule has 6 nitrogen and oxygen atoms in total. The Labute approximate surface area is 124 Å². The fraction of sp³-hybridized carbons (Fsp3) is 0.733. The number of β-amino-alcohol motifs (C(OH)–C–C–N with tert-alkyl or cyclic N) is 1. The lowest BCUT2D eigenvalue weighted by atomic mass is 9.56. The van der Waals surface area contributed by atoms with E-state index in [2.05, 4.69) is 20.6 Å². The Bertz CT molecular complexity index is 515. The maximum atomic E-state index is 12.7. The number of nitrogens with zero attached hydrogens (tertiary/aromatic N) is 1. The van der Waals surface area contributed by atoms with Crippen molar-refractivity contribution in [2.75, 3.05) is 13.1 Å². The summed E-state index contributed by atoms with van der Waals surface area (Å²) >= 11 is 0. The first kappa shape index (κ1) is 14.5. The summed E-state index contributed by atoms with van der Waals surface area (Å²) in [6.45, 7) is 3.79. The zero-order valence-corrected chi connectivity index (χ0v) is 12.5. The molecule has 1 unspecified atom stereocenters. The predicted molar refractivity (Wildman–Crippen MR) is 78.5 cm³/mol. The first-order valence-electron chi connectivity index (χ1n) is 7.78. The predicted octanol–water partition coefficient (Wildman–Crippen LogP) is 0.619. The Morgan fingerprint density at radius 2 is 2.24 bits per heavy atom. The van der Waals surface area contributed by atoms with Crippen LogP contribution in [0.1, 0.15) is 43.5 Å². The van der Waals surface area contributed by atoms with E-state index in [1.807, 2.05) is 6.92 Å². The number of aryl methyl sites for hydroxylation is 1.